The maximum Gasteiger partial charge on any atom is 0.228 e. The average Bonchev–Trinajstić information content (AvgIpc) is 2.82. The van der Waals surface area contributed by atoms with Crippen LogP contribution >= 0.6 is 0 Å². The van der Waals surface area contributed by atoms with Gasteiger partial charge in [-0.1, -0.05) is 30.9 Å². The zero-order valence-corrected chi connectivity index (χ0v) is 19.7. The highest BCUT2D eigenvalue weighted by Gasteiger charge is 2.16. The van der Waals surface area contributed by atoms with Gasteiger partial charge in [0.25, 0.3) is 0 Å². The van der Waals surface area contributed by atoms with Gasteiger partial charge in [0.15, 0.2) is 0 Å². The molecule has 8 heteroatoms. The zero-order chi connectivity index (χ0) is 24.9. The largest absolute Gasteiger partial charge is 0.404 e. The number of nitrogens with zero attached hydrogens (tertiary/aromatic N) is 5. The van der Waals surface area contributed by atoms with E-state index in [0.29, 0.717) is 29.6 Å². The zero-order valence-electron chi connectivity index (χ0n) is 19.7. The van der Waals surface area contributed by atoms with Crippen molar-refractivity contribution in [3.63, 3.8) is 0 Å². The van der Waals surface area contributed by atoms with E-state index >= 15 is 0 Å². The van der Waals surface area contributed by atoms with Gasteiger partial charge in [0, 0.05) is 31.6 Å². The van der Waals surface area contributed by atoms with Crippen LogP contribution < -0.4 is 11.1 Å². The Kier molecular flexibility index (Phi) is 10.2. The molecular weight excluding hydrogens is 429 g/mol. The molecule has 0 aliphatic heterocycles. The minimum absolute atomic E-state index is 0.208. The van der Waals surface area contributed by atoms with E-state index in [1.165, 1.54) is 12.3 Å². The van der Waals surface area contributed by atoms with Gasteiger partial charge in [-0.05, 0) is 55.5 Å². The maximum atomic E-state index is 14.1. The molecule has 0 bridgehead atoms. The van der Waals surface area contributed by atoms with E-state index in [0.717, 1.165) is 11.1 Å². The number of nitriles is 1. The van der Waals surface area contributed by atoms with Crippen molar-refractivity contribution in [2.75, 3.05) is 18.9 Å². The van der Waals surface area contributed by atoms with Crippen LogP contribution in [-0.2, 0) is 0 Å². The fraction of sp³-hybridized carbons (Fsp3) is 0.231. The van der Waals surface area contributed by atoms with Crippen LogP contribution in [0, 0.1) is 24.1 Å². The van der Waals surface area contributed by atoms with Crippen molar-refractivity contribution < 1.29 is 4.39 Å². The molecule has 0 saturated heterocycles. The molecule has 7 nitrogen and oxygen atoms in total. The molecule has 3 N–H and O–H groups in total. The first-order valence-electron chi connectivity index (χ1n) is 10.8. The lowest BCUT2D eigenvalue weighted by Gasteiger charge is -2.25. The molecular formula is C26H30FN7. The molecule has 0 aliphatic rings. The molecule has 1 aromatic carbocycles. The predicted octanol–water partition coefficient (Wildman–Crippen LogP) is 4.90. The van der Waals surface area contributed by atoms with Crippen molar-refractivity contribution in [2.45, 2.75) is 26.3 Å². The Balaban J connectivity index is 2.31. The Morgan fingerprint density at radius 1 is 1.38 bits per heavy atom. The van der Waals surface area contributed by atoms with E-state index in [2.05, 4.69) is 32.9 Å². The lowest BCUT2D eigenvalue weighted by atomic mass is 10.0. The van der Waals surface area contributed by atoms with Gasteiger partial charge in [-0.15, -0.1) is 0 Å². The first-order chi connectivity index (χ1) is 16.4. The summed E-state index contributed by atoms with van der Waals surface area (Å²) in [6.07, 6.45) is 12.1. The summed E-state index contributed by atoms with van der Waals surface area (Å²) in [7, 11) is 1.85. The molecule has 0 fully saturated rings. The average molecular weight is 460 g/mol. The Morgan fingerprint density at radius 2 is 2.18 bits per heavy atom. The lowest BCUT2D eigenvalue weighted by Crippen LogP contribution is -2.19. The van der Waals surface area contributed by atoms with Crippen LogP contribution in [0.25, 0.3) is 5.57 Å². The van der Waals surface area contributed by atoms with Crippen molar-refractivity contribution in [1.82, 2.24) is 14.9 Å². The third-order valence-corrected chi connectivity index (χ3v) is 4.92. The summed E-state index contributed by atoms with van der Waals surface area (Å²) in [6.45, 7) is 8.00. The van der Waals surface area contributed by atoms with Crippen LogP contribution in [0.1, 0.15) is 36.2 Å². The Hall–Kier alpha value is -4.25. The number of benzene rings is 1. The third kappa shape index (κ3) is 7.41. The number of hydrogen-bond acceptors (Lipinski definition) is 6. The number of aryl methyl sites for hydroxylation is 1. The minimum atomic E-state index is -0.306. The van der Waals surface area contributed by atoms with Gasteiger partial charge in [-0.2, -0.15) is 5.26 Å². The van der Waals surface area contributed by atoms with Crippen molar-refractivity contribution in [2.24, 2.45) is 10.7 Å². The quantitative estimate of drug-likeness (QED) is 0.298. The van der Waals surface area contributed by atoms with E-state index < -0.39 is 0 Å². The van der Waals surface area contributed by atoms with Crippen LogP contribution in [0.5, 0.6) is 0 Å². The van der Waals surface area contributed by atoms with Gasteiger partial charge < -0.3 is 16.0 Å². The molecule has 1 atom stereocenters. The Morgan fingerprint density at radius 3 is 2.82 bits per heavy atom. The van der Waals surface area contributed by atoms with Crippen LogP contribution in [0.4, 0.5) is 10.3 Å². The molecule has 0 aliphatic carbocycles. The summed E-state index contributed by atoms with van der Waals surface area (Å²) in [6, 6.07) is 8.71. The van der Waals surface area contributed by atoms with Crippen LogP contribution in [0.2, 0.25) is 0 Å². The molecule has 176 valence electrons. The highest BCUT2D eigenvalue weighted by molar-refractivity contribution is 6.02. The van der Waals surface area contributed by atoms with Crippen LogP contribution in [-0.4, -0.2) is 34.3 Å². The monoisotopic (exact) mass is 459 g/mol. The van der Waals surface area contributed by atoms with Gasteiger partial charge in [0.2, 0.25) is 5.95 Å². The number of aliphatic imine (C=N–C) groups is 1. The topological polar surface area (TPSA) is 103 Å². The van der Waals surface area contributed by atoms with Crippen molar-refractivity contribution >= 4 is 17.4 Å². The molecule has 0 amide bonds. The van der Waals surface area contributed by atoms with Gasteiger partial charge in [-0.3, -0.25) is 4.99 Å². The molecule has 2 aromatic rings. The summed E-state index contributed by atoms with van der Waals surface area (Å²) in [4.78, 5) is 15.0. The number of allylic oxidation sites excluding steroid dienone is 4. The summed E-state index contributed by atoms with van der Waals surface area (Å²) >= 11 is 0. The normalized spacial score (nSPS) is 13.1. The molecule has 1 aromatic heterocycles. The third-order valence-electron chi connectivity index (χ3n) is 4.92. The Labute approximate surface area is 200 Å². The van der Waals surface area contributed by atoms with Crippen molar-refractivity contribution in [3.05, 3.63) is 96.4 Å². The smallest absolute Gasteiger partial charge is 0.228 e. The SMILES string of the molecule is C=C/C=C(\C=C/N(C)C(CC#N)c1ccc(C)c(F)c1)c1ccnc(NC(C=CN)=NCC)n1. The predicted molar refractivity (Wildman–Crippen MR) is 136 cm³/mol. The highest BCUT2D eigenvalue weighted by atomic mass is 19.1. The van der Waals surface area contributed by atoms with Gasteiger partial charge >= 0.3 is 0 Å². The van der Waals surface area contributed by atoms with Crippen molar-refractivity contribution in [3.8, 4) is 6.07 Å². The second kappa shape index (κ2) is 13.3. The van der Waals surface area contributed by atoms with E-state index in [-0.39, 0.29) is 18.3 Å². The molecule has 2 rings (SSSR count). The molecule has 0 spiro atoms. The van der Waals surface area contributed by atoms with E-state index in [1.54, 1.807) is 37.4 Å². The maximum absolute atomic E-state index is 14.1. The van der Waals surface area contributed by atoms with Crippen LogP contribution in [0.3, 0.4) is 0 Å². The number of amidine groups is 1. The number of anilines is 1. The number of rotatable bonds is 10. The fourth-order valence-electron chi connectivity index (χ4n) is 3.14. The Bertz CT molecular complexity index is 1140. The van der Waals surface area contributed by atoms with E-state index in [9.17, 15) is 9.65 Å². The first-order valence-corrected chi connectivity index (χ1v) is 10.8. The molecule has 1 unspecified atom stereocenters. The number of nitrogens with two attached hydrogens (primary N) is 1. The summed E-state index contributed by atoms with van der Waals surface area (Å²) in [5, 5.41) is 12.4. The second-order valence-electron chi connectivity index (χ2n) is 7.33. The molecule has 0 saturated carbocycles. The van der Waals surface area contributed by atoms with E-state index in [4.69, 9.17) is 5.73 Å². The summed E-state index contributed by atoms with van der Waals surface area (Å²) in [5.74, 6) is 0.634. The number of halogens is 1. The van der Waals surface area contributed by atoms with Crippen LogP contribution in [0.15, 0.2) is 78.7 Å². The van der Waals surface area contributed by atoms with Crippen molar-refractivity contribution in [1.29, 1.82) is 5.26 Å². The number of aromatic nitrogens is 2. The second-order valence-corrected chi connectivity index (χ2v) is 7.33. The molecule has 0 radical (unpaired) electrons. The number of nitrogens with one attached hydrogen (secondary N) is 1. The summed E-state index contributed by atoms with van der Waals surface area (Å²) < 4.78 is 14.1. The highest BCUT2D eigenvalue weighted by Crippen LogP contribution is 2.26. The van der Waals surface area contributed by atoms with Gasteiger partial charge in [0.05, 0.1) is 24.2 Å². The summed E-state index contributed by atoms with van der Waals surface area (Å²) in [5.41, 5.74) is 8.22. The molecule has 1 heterocycles. The lowest BCUT2D eigenvalue weighted by molar-refractivity contribution is 0.340. The van der Waals surface area contributed by atoms with Gasteiger partial charge in [0.1, 0.15) is 11.7 Å². The minimum Gasteiger partial charge on any atom is -0.404 e. The molecule has 34 heavy (non-hydrogen) atoms. The van der Waals surface area contributed by atoms with E-state index in [1.807, 2.05) is 43.3 Å². The first kappa shape index (κ1) is 26.0. The standard InChI is InChI=1S/C26H30FN7/c1-5-7-20(23-12-16-31-26(32-23)33-25(11-15-29)30-6-2)13-17-34(4)24(10-14-28)21-9-8-19(3)22(27)18-21/h5,7-9,11-13,15-18,24H,1,6,10,29H2,2-4H3,(H,30,31,32,33)/b15-11?,17-13-,20-7+. The fourth-order valence-corrected chi connectivity index (χ4v) is 3.14. The van der Waals surface area contributed by atoms with Gasteiger partial charge in [-0.25, -0.2) is 14.4 Å². The number of hydrogen-bond donors (Lipinski definition) is 2.